The zero-order valence-electron chi connectivity index (χ0n) is 10.3. The molecule has 0 bridgehead atoms. The van der Waals surface area contributed by atoms with Crippen molar-refractivity contribution in [3.05, 3.63) is 35.9 Å². The van der Waals surface area contributed by atoms with Crippen molar-refractivity contribution in [2.75, 3.05) is 11.5 Å². The summed E-state index contributed by atoms with van der Waals surface area (Å²) in [5.41, 5.74) is 0.920. The number of benzene rings is 1. The Bertz CT molecular complexity index is 324. The quantitative estimate of drug-likeness (QED) is 0.715. The molecule has 17 heavy (non-hydrogen) atoms. The predicted octanol–water partition coefficient (Wildman–Crippen LogP) is 3.78. The lowest BCUT2D eigenvalue weighted by Crippen LogP contribution is -2.11. The first-order valence-electron chi connectivity index (χ1n) is 6.11. The van der Waals surface area contributed by atoms with E-state index >= 15 is 0 Å². The molecule has 1 aromatic rings. The number of aliphatic carboxylic acids is 1. The number of rotatable bonds is 8. The number of thioether (sulfide) groups is 1. The fraction of sp³-hybridized carbons (Fsp3) is 0.500. The molecule has 0 aromatic heterocycles. The highest BCUT2D eigenvalue weighted by atomic mass is 32.2. The number of carboxylic acids is 1. The molecule has 94 valence electrons. The highest BCUT2D eigenvalue weighted by molar-refractivity contribution is 7.99. The van der Waals surface area contributed by atoms with Gasteiger partial charge in [0.25, 0.3) is 0 Å². The molecular formula is C14H20O2S. The minimum absolute atomic E-state index is 0.345. The molecular weight excluding hydrogens is 232 g/mol. The van der Waals surface area contributed by atoms with Gasteiger partial charge in [-0.25, -0.2) is 0 Å². The maximum atomic E-state index is 11.2. The Balaban J connectivity index is 2.42. The third kappa shape index (κ3) is 5.26. The Morgan fingerprint density at radius 3 is 2.59 bits per heavy atom. The molecule has 1 N–H and O–H groups in total. The van der Waals surface area contributed by atoms with E-state index in [4.69, 9.17) is 0 Å². The average Bonchev–Trinajstić information content (AvgIpc) is 2.34. The summed E-state index contributed by atoms with van der Waals surface area (Å²) in [7, 11) is 0. The first kappa shape index (κ1) is 14.1. The van der Waals surface area contributed by atoms with E-state index in [2.05, 4.69) is 6.92 Å². The van der Waals surface area contributed by atoms with Crippen molar-refractivity contribution in [3.8, 4) is 0 Å². The van der Waals surface area contributed by atoms with Crippen molar-refractivity contribution in [2.45, 2.75) is 32.1 Å². The monoisotopic (exact) mass is 252 g/mol. The van der Waals surface area contributed by atoms with Crippen LogP contribution >= 0.6 is 11.8 Å². The first-order valence-corrected chi connectivity index (χ1v) is 7.26. The Morgan fingerprint density at radius 1 is 1.29 bits per heavy atom. The van der Waals surface area contributed by atoms with Gasteiger partial charge in [0.15, 0.2) is 0 Å². The Hall–Kier alpha value is -0.960. The second-order valence-corrected chi connectivity index (χ2v) is 5.39. The van der Waals surface area contributed by atoms with Crippen LogP contribution in [0.2, 0.25) is 0 Å². The van der Waals surface area contributed by atoms with Gasteiger partial charge >= 0.3 is 5.97 Å². The lowest BCUT2D eigenvalue weighted by molar-refractivity contribution is -0.139. The van der Waals surface area contributed by atoms with Crippen LogP contribution in [0.15, 0.2) is 30.3 Å². The van der Waals surface area contributed by atoms with Crippen LogP contribution < -0.4 is 0 Å². The van der Waals surface area contributed by atoms with E-state index in [0.717, 1.165) is 36.3 Å². The molecule has 1 aromatic carbocycles. The molecule has 0 heterocycles. The van der Waals surface area contributed by atoms with Gasteiger partial charge in [0, 0.05) is 0 Å². The highest BCUT2D eigenvalue weighted by Crippen LogP contribution is 2.22. The number of hydrogen-bond donors (Lipinski definition) is 1. The van der Waals surface area contributed by atoms with Gasteiger partial charge in [-0.15, -0.1) is 0 Å². The van der Waals surface area contributed by atoms with Gasteiger partial charge < -0.3 is 5.11 Å². The van der Waals surface area contributed by atoms with Gasteiger partial charge in [-0.3, -0.25) is 4.79 Å². The van der Waals surface area contributed by atoms with Crippen molar-refractivity contribution in [3.63, 3.8) is 0 Å². The normalized spacial score (nSPS) is 12.3. The third-order valence-corrected chi connectivity index (χ3v) is 3.72. The summed E-state index contributed by atoms with van der Waals surface area (Å²) in [5, 5.41) is 9.22. The summed E-state index contributed by atoms with van der Waals surface area (Å²) in [6.07, 6.45) is 2.83. The molecule has 2 nitrogen and oxygen atoms in total. The molecule has 1 rings (SSSR count). The van der Waals surface area contributed by atoms with Gasteiger partial charge in [-0.05, 0) is 29.9 Å². The molecule has 0 spiro atoms. The van der Waals surface area contributed by atoms with E-state index in [9.17, 15) is 9.90 Å². The third-order valence-electron chi connectivity index (χ3n) is 2.74. The SMILES string of the molecule is CCSCCCCC(C(=O)O)c1ccccc1. The van der Waals surface area contributed by atoms with E-state index < -0.39 is 5.97 Å². The number of carboxylic acid groups (broad SMARTS) is 1. The van der Waals surface area contributed by atoms with E-state index in [1.807, 2.05) is 42.1 Å². The minimum atomic E-state index is -0.709. The maximum absolute atomic E-state index is 11.2. The van der Waals surface area contributed by atoms with E-state index in [-0.39, 0.29) is 5.92 Å². The molecule has 0 radical (unpaired) electrons. The largest absolute Gasteiger partial charge is 0.481 e. The van der Waals surface area contributed by atoms with Gasteiger partial charge in [0.1, 0.15) is 0 Å². The van der Waals surface area contributed by atoms with Crippen LogP contribution in [0.1, 0.15) is 37.7 Å². The van der Waals surface area contributed by atoms with Crippen LogP contribution in [0, 0.1) is 0 Å². The zero-order chi connectivity index (χ0) is 12.5. The van der Waals surface area contributed by atoms with Crippen LogP contribution in [0.25, 0.3) is 0 Å². The van der Waals surface area contributed by atoms with Crippen molar-refractivity contribution in [1.82, 2.24) is 0 Å². The van der Waals surface area contributed by atoms with Crippen molar-refractivity contribution in [1.29, 1.82) is 0 Å². The lowest BCUT2D eigenvalue weighted by atomic mass is 9.94. The predicted molar refractivity (Wildman–Crippen MR) is 73.7 cm³/mol. The van der Waals surface area contributed by atoms with E-state index in [1.165, 1.54) is 0 Å². The Labute approximate surface area is 107 Å². The maximum Gasteiger partial charge on any atom is 0.310 e. The highest BCUT2D eigenvalue weighted by Gasteiger charge is 2.18. The van der Waals surface area contributed by atoms with Crippen molar-refractivity contribution < 1.29 is 9.90 Å². The summed E-state index contributed by atoms with van der Waals surface area (Å²) in [4.78, 5) is 11.2. The number of carbonyl (C=O) groups is 1. The molecule has 0 fully saturated rings. The molecule has 0 amide bonds. The van der Waals surface area contributed by atoms with Crippen LogP contribution in [0.3, 0.4) is 0 Å². The fourth-order valence-electron chi connectivity index (χ4n) is 1.81. The summed E-state index contributed by atoms with van der Waals surface area (Å²) in [6.45, 7) is 2.15. The van der Waals surface area contributed by atoms with Gasteiger partial charge in [-0.1, -0.05) is 43.7 Å². The second-order valence-electron chi connectivity index (χ2n) is 3.99. The van der Waals surface area contributed by atoms with Gasteiger partial charge in [0.05, 0.1) is 5.92 Å². The molecule has 0 aliphatic carbocycles. The summed E-state index contributed by atoms with van der Waals surface area (Å²) in [5.74, 6) is 1.22. The molecule has 0 saturated heterocycles. The summed E-state index contributed by atoms with van der Waals surface area (Å²) >= 11 is 1.92. The summed E-state index contributed by atoms with van der Waals surface area (Å²) < 4.78 is 0. The molecule has 0 aliphatic heterocycles. The van der Waals surface area contributed by atoms with Crippen LogP contribution in [-0.4, -0.2) is 22.6 Å². The Morgan fingerprint density at radius 2 is 2.00 bits per heavy atom. The molecule has 1 unspecified atom stereocenters. The van der Waals surface area contributed by atoms with Crippen molar-refractivity contribution in [2.24, 2.45) is 0 Å². The molecule has 0 saturated carbocycles. The zero-order valence-corrected chi connectivity index (χ0v) is 11.1. The lowest BCUT2D eigenvalue weighted by Gasteiger charge is -2.12. The molecule has 1 atom stereocenters. The smallest absolute Gasteiger partial charge is 0.310 e. The standard InChI is InChI=1S/C14H20O2S/c1-2-17-11-7-6-10-13(14(15)16)12-8-4-3-5-9-12/h3-5,8-9,13H,2,6-7,10-11H2,1H3,(H,15,16). The average molecular weight is 252 g/mol. The topological polar surface area (TPSA) is 37.3 Å². The molecule has 0 aliphatic rings. The second kappa shape index (κ2) is 8.18. The van der Waals surface area contributed by atoms with Crippen LogP contribution in [0.4, 0.5) is 0 Å². The minimum Gasteiger partial charge on any atom is -0.481 e. The summed E-state index contributed by atoms with van der Waals surface area (Å²) in [6, 6.07) is 9.52. The Kier molecular flexibility index (Phi) is 6.78. The first-order chi connectivity index (χ1) is 8.25. The van der Waals surface area contributed by atoms with Crippen LogP contribution in [-0.2, 0) is 4.79 Å². The van der Waals surface area contributed by atoms with E-state index in [1.54, 1.807) is 0 Å². The fourth-order valence-corrected chi connectivity index (χ4v) is 2.51. The number of hydrogen-bond acceptors (Lipinski definition) is 2. The molecule has 3 heteroatoms. The number of unbranched alkanes of at least 4 members (excludes halogenated alkanes) is 1. The van der Waals surface area contributed by atoms with E-state index in [0.29, 0.717) is 0 Å². The van der Waals surface area contributed by atoms with Gasteiger partial charge in [0.2, 0.25) is 0 Å². The van der Waals surface area contributed by atoms with Crippen LogP contribution in [0.5, 0.6) is 0 Å². The van der Waals surface area contributed by atoms with Crippen molar-refractivity contribution >= 4 is 17.7 Å². The van der Waals surface area contributed by atoms with Gasteiger partial charge in [-0.2, -0.15) is 11.8 Å².